The third-order valence-corrected chi connectivity index (χ3v) is 2.39. The number of carboxylic acid groups (broad SMARTS) is 1. The topological polar surface area (TPSA) is 111 Å². The van der Waals surface area contributed by atoms with Gasteiger partial charge in [0.25, 0.3) is 5.69 Å². The number of non-ortho nitro benzene ring substituents is 1. The van der Waals surface area contributed by atoms with Gasteiger partial charge in [0, 0.05) is 24.9 Å². The Bertz CT molecular complexity index is 491. The number of methoxy groups -OCH3 is 1. The van der Waals surface area contributed by atoms with Crippen LogP contribution in [0.3, 0.4) is 0 Å². The van der Waals surface area contributed by atoms with Crippen molar-refractivity contribution in [1.82, 2.24) is 0 Å². The van der Waals surface area contributed by atoms with Gasteiger partial charge in [0.1, 0.15) is 11.8 Å². The Hall–Kier alpha value is -2.35. The number of nitrogens with zero attached hydrogens (tertiary/aromatic N) is 1. The van der Waals surface area contributed by atoms with Crippen molar-refractivity contribution < 1.29 is 24.3 Å². The Morgan fingerprint density at radius 1 is 1.50 bits per heavy atom. The van der Waals surface area contributed by atoms with E-state index in [-0.39, 0.29) is 18.0 Å². The first-order chi connectivity index (χ1) is 9.47. The predicted molar refractivity (Wildman–Crippen MR) is 71.2 cm³/mol. The van der Waals surface area contributed by atoms with E-state index in [1.54, 1.807) is 6.92 Å². The maximum Gasteiger partial charge on any atom is 0.328 e. The highest BCUT2D eigenvalue weighted by atomic mass is 16.6. The number of aliphatic carboxylic acids is 1. The number of carboxylic acids is 1. The molecule has 0 fully saturated rings. The van der Waals surface area contributed by atoms with Gasteiger partial charge in [-0.15, -0.1) is 0 Å². The largest absolute Gasteiger partial charge is 0.494 e. The number of hydrogen-bond donors (Lipinski definition) is 2. The maximum atomic E-state index is 11.0. The van der Waals surface area contributed by atoms with Crippen LogP contribution in [-0.4, -0.2) is 42.4 Å². The van der Waals surface area contributed by atoms with Crippen molar-refractivity contribution in [2.75, 3.05) is 25.6 Å². The number of benzene rings is 1. The molecule has 1 aromatic carbocycles. The summed E-state index contributed by atoms with van der Waals surface area (Å²) in [7, 11) is 1.37. The lowest BCUT2D eigenvalue weighted by Crippen LogP contribution is -2.33. The fraction of sp³-hybridized carbons (Fsp3) is 0.417. The van der Waals surface area contributed by atoms with Gasteiger partial charge in [-0.2, -0.15) is 0 Å². The second-order valence-corrected chi connectivity index (χ2v) is 3.90. The van der Waals surface area contributed by atoms with Crippen LogP contribution in [0.4, 0.5) is 11.4 Å². The first-order valence-electron chi connectivity index (χ1n) is 5.88. The number of nitro benzene ring substituents is 1. The summed E-state index contributed by atoms with van der Waals surface area (Å²) in [5.41, 5.74) is 0.104. The first-order valence-corrected chi connectivity index (χ1v) is 5.88. The molecule has 0 saturated heterocycles. The molecule has 0 aliphatic heterocycles. The molecule has 0 aromatic heterocycles. The molecule has 1 unspecified atom stereocenters. The van der Waals surface area contributed by atoms with Crippen LogP contribution < -0.4 is 10.1 Å². The van der Waals surface area contributed by atoms with Crippen molar-refractivity contribution in [2.24, 2.45) is 0 Å². The molecule has 0 radical (unpaired) electrons. The Balaban J connectivity index is 3.02. The molecule has 0 aliphatic rings. The number of carbonyl (C=O) groups is 1. The molecule has 8 nitrogen and oxygen atoms in total. The Kier molecular flexibility index (Phi) is 5.73. The second kappa shape index (κ2) is 7.29. The molecule has 0 spiro atoms. The van der Waals surface area contributed by atoms with Crippen LogP contribution in [0.15, 0.2) is 18.2 Å². The summed E-state index contributed by atoms with van der Waals surface area (Å²) >= 11 is 0. The molecular formula is C12H16N2O6. The van der Waals surface area contributed by atoms with Crippen LogP contribution in [0.5, 0.6) is 5.75 Å². The van der Waals surface area contributed by atoms with Crippen LogP contribution in [0.25, 0.3) is 0 Å². The molecule has 0 aliphatic carbocycles. The average molecular weight is 284 g/mol. The lowest BCUT2D eigenvalue weighted by atomic mass is 10.2. The Morgan fingerprint density at radius 3 is 2.70 bits per heavy atom. The average Bonchev–Trinajstić information content (AvgIpc) is 2.38. The quantitative estimate of drug-likeness (QED) is 0.549. The predicted octanol–water partition coefficient (Wildman–Crippen LogP) is 1.50. The molecule has 1 rings (SSSR count). The minimum absolute atomic E-state index is 0.0675. The van der Waals surface area contributed by atoms with Crippen molar-refractivity contribution in [2.45, 2.75) is 13.0 Å². The molecule has 20 heavy (non-hydrogen) atoms. The molecule has 0 bridgehead atoms. The lowest BCUT2D eigenvalue weighted by molar-refractivity contribution is -0.384. The lowest BCUT2D eigenvalue weighted by Gasteiger charge is -2.15. The number of nitrogens with one attached hydrogen (secondary N) is 1. The highest BCUT2D eigenvalue weighted by Crippen LogP contribution is 2.26. The van der Waals surface area contributed by atoms with Gasteiger partial charge < -0.3 is 19.9 Å². The van der Waals surface area contributed by atoms with E-state index in [2.05, 4.69) is 5.32 Å². The molecule has 0 amide bonds. The molecule has 1 aromatic rings. The van der Waals surface area contributed by atoms with Crippen molar-refractivity contribution in [1.29, 1.82) is 0 Å². The molecular weight excluding hydrogens is 268 g/mol. The Morgan fingerprint density at radius 2 is 2.20 bits per heavy atom. The van der Waals surface area contributed by atoms with Gasteiger partial charge in [-0.25, -0.2) is 4.79 Å². The fourth-order valence-electron chi connectivity index (χ4n) is 1.56. The van der Waals surface area contributed by atoms with Gasteiger partial charge in [0.05, 0.1) is 24.2 Å². The van der Waals surface area contributed by atoms with E-state index in [0.29, 0.717) is 12.4 Å². The summed E-state index contributed by atoms with van der Waals surface area (Å²) < 4.78 is 10.0. The minimum Gasteiger partial charge on any atom is -0.494 e. The first kappa shape index (κ1) is 15.7. The number of anilines is 1. The van der Waals surface area contributed by atoms with E-state index < -0.39 is 16.9 Å². The van der Waals surface area contributed by atoms with Crippen LogP contribution in [0.2, 0.25) is 0 Å². The van der Waals surface area contributed by atoms with Gasteiger partial charge in [-0.05, 0) is 6.92 Å². The number of hydrogen-bond acceptors (Lipinski definition) is 6. The highest BCUT2D eigenvalue weighted by Gasteiger charge is 2.19. The summed E-state index contributed by atoms with van der Waals surface area (Å²) in [5.74, 6) is -0.818. The van der Waals surface area contributed by atoms with Crippen molar-refractivity contribution >= 4 is 17.3 Å². The zero-order chi connectivity index (χ0) is 15.1. The van der Waals surface area contributed by atoms with Gasteiger partial charge in [-0.3, -0.25) is 10.1 Å². The van der Waals surface area contributed by atoms with E-state index in [9.17, 15) is 14.9 Å². The van der Waals surface area contributed by atoms with Gasteiger partial charge in [-0.1, -0.05) is 0 Å². The van der Waals surface area contributed by atoms with Crippen molar-refractivity contribution in [3.05, 3.63) is 28.3 Å². The Labute approximate surface area is 115 Å². The minimum atomic E-state index is -1.11. The molecule has 0 saturated carbocycles. The van der Waals surface area contributed by atoms with Crippen LogP contribution in [-0.2, 0) is 9.53 Å². The summed E-state index contributed by atoms with van der Waals surface area (Å²) in [6.07, 6.45) is 0. The third kappa shape index (κ3) is 4.39. The van der Waals surface area contributed by atoms with Gasteiger partial charge in [0.15, 0.2) is 0 Å². The van der Waals surface area contributed by atoms with Gasteiger partial charge in [0.2, 0.25) is 0 Å². The third-order valence-electron chi connectivity index (χ3n) is 2.39. The zero-order valence-electron chi connectivity index (χ0n) is 11.2. The summed E-state index contributed by atoms with van der Waals surface area (Å²) in [6.45, 7) is 2.03. The molecule has 8 heteroatoms. The zero-order valence-corrected chi connectivity index (χ0v) is 11.2. The molecule has 110 valence electrons. The van der Waals surface area contributed by atoms with E-state index in [0.717, 1.165) is 0 Å². The van der Waals surface area contributed by atoms with Crippen LogP contribution in [0, 0.1) is 10.1 Å². The highest BCUT2D eigenvalue weighted by molar-refractivity contribution is 5.78. The SMILES string of the molecule is CCOc1cc(NC(COC)C(=O)O)cc([N+](=O)[O-])c1. The van der Waals surface area contributed by atoms with E-state index in [1.807, 2.05) is 0 Å². The molecule has 0 heterocycles. The fourth-order valence-corrected chi connectivity index (χ4v) is 1.56. The summed E-state index contributed by atoms with van der Waals surface area (Å²) in [5, 5.41) is 22.5. The van der Waals surface area contributed by atoms with Crippen molar-refractivity contribution in [3.8, 4) is 5.75 Å². The van der Waals surface area contributed by atoms with Crippen LogP contribution in [0.1, 0.15) is 6.92 Å². The summed E-state index contributed by atoms with van der Waals surface area (Å²) in [4.78, 5) is 21.3. The van der Waals surface area contributed by atoms with Crippen LogP contribution >= 0.6 is 0 Å². The smallest absolute Gasteiger partial charge is 0.328 e. The van der Waals surface area contributed by atoms with E-state index in [4.69, 9.17) is 14.6 Å². The molecule has 2 N–H and O–H groups in total. The molecule has 1 atom stereocenters. The van der Waals surface area contributed by atoms with Crippen molar-refractivity contribution in [3.63, 3.8) is 0 Å². The number of rotatable bonds is 8. The number of ether oxygens (including phenoxy) is 2. The monoisotopic (exact) mass is 284 g/mol. The normalized spacial score (nSPS) is 11.7. The number of nitro groups is 1. The maximum absolute atomic E-state index is 11.0. The van der Waals surface area contributed by atoms with E-state index >= 15 is 0 Å². The van der Waals surface area contributed by atoms with E-state index in [1.165, 1.54) is 25.3 Å². The summed E-state index contributed by atoms with van der Waals surface area (Å²) in [6, 6.07) is 3.02. The van der Waals surface area contributed by atoms with Gasteiger partial charge >= 0.3 is 5.97 Å². The standard InChI is InChI=1S/C12H16N2O6/c1-3-20-10-5-8(4-9(6-10)14(17)18)13-11(7-19-2)12(15)16/h4-6,11,13H,3,7H2,1-2H3,(H,15,16). The second-order valence-electron chi connectivity index (χ2n) is 3.90.